The highest BCUT2D eigenvalue weighted by molar-refractivity contribution is 7.90. The highest BCUT2D eigenvalue weighted by atomic mass is 35.5. The first-order chi connectivity index (χ1) is 19.3. The van der Waals surface area contributed by atoms with Gasteiger partial charge in [0, 0.05) is 17.1 Å². The lowest BCUT2D eigenvalue weighted by Crippen LogP contribution is -2.50. The van der Waals surface area contributed by atoms with Crippen molar-refractivity contribution in [3.63, 3.8) is 0 Å². The van der Waals surface area contributed by atoms with E-state index in [0.29, 0.717) is 37.1 Å². The Hall–Kier alpha value is -2.71. The fourth-order valence-corrected chi connectivity index (χ4v) is 14.1. The number of nitrogens with one attached hydrogen (secondary N) is 1. The number of pyridine rings is 1. The molecule has 4 aromatic rings. The number of halogens is 1. The third-order valence-corrected chi connectivity index (χ3v) is 16.9. The summed E-state index contributed by atoms with van der Waals surface area (Å²) in [6.07, 6.45) is 1.58. The summed E-state index contributed by atoms with van der Waals surface area (Å²) in [4.78, 5) is 18.5. The van der Waals surface area contributed by atoms with E-state index in [1.807, 2.05) is 0 Å². The normalized spacial score (nSPS) is 14.9. The molecule has 3 aromatic heterocycles. The van der Waals surface area contributed by atoms with E-state index in [9.17, 15) is 18.3 Å². The summed E-state index contributed by atoms with van der Waals surface area (Å²) in [5.41, 5.74) is 0.850. The van der Waals surface area contributed by atoms with Gasteiger partial charge in [-0.3, -0.25) is 4.79 Å². The molecule has 0 fully saturated rings. The lowest BCUT2D eigenvalue weighted by molar-refractivity contribution is 0.478. The Morgan fingerprint density at radius 3 is 2.41 bits per heavy atom. The van der Waals surface area contributed by atoms with E-state index in [2.05, 4.69) is 56.2 Å². The lowest BCUT2D eigenvalue weighted by Gasteiger charge is -2.42. The molecule has 1 aliphatic heterocycles. The zero-order valence-corrected chi connectivity index (χ0v) is 27.6. The lowest BCUT2D eigenvalue weighted by atomic mass is 10.2. The first kappa shape index (κ1) is 29.8. The minimum absolute atomic E-state index is 0.0470. The minimum atomic E-state index is -4.24. The molecule has 0 radical (unpaired) electrons. The van der Waals surface area contributed by atoms with Gasteiger partial charge in [0.2, 0.25) is 0 Å². The van der Waals surface area contributed by atoms with Gasteiger partial charge in [0.15, 0.2) is 16.1 Å². The number of thiophene rings is 1. The molecule has 4 heterocycles. The molecule has 9 nitrogen and oxygen atoms in total. The first-order valence-electron chi connectivity index (χ1n) is 13.1. The van der Waals surface area contributed by atoms with Crippen molar-refractivity contribution < 1.29 is 18.0 Å². The number of fused-ring (bicyclic) bond motifs is 2. The second kappa shape index (κ2) is 10.8. The predicted molar refractivity (Wildman–Crippen MR) is 169 cm³/mol. The monoisotopic (exact) mass is 650 g/mol. The molecule has 2 N–H and O–H groups in total. The summed E-state index contributed by atoms with van der Waals surface area (Å²) in [5.74, 6) is -0.0932. The van der Waals surface area contributed by atoms with Crippen LogP contribution in [0.15, 0.2) is 49.9 Å². The van der Waals surface area contributed by atoms with Crippen molar-refractivity contribution in [2.24, 2.45) is 4.40 Å². The number of anilines is 1. The van der Waals surface area contributed by atoms with Crippen LogP contribution < -0.4 is 15.3 Å². The van der Waals surface area contributed by atoms with Gasteiger partial charge in [0.05, 0.1) is 22.4 Å². The van der Waals surface area contributed by atoms with E-state index in [-0.39, 0.29) is 34.3 Å². The summed E-state index contributed by atoms with van der Waals surface area (Å²) >= 11 is 8.46. The van der Waals surface area contributed by atoms with E-state index in [0.717, 1.165) is 4.88 Å². The molecule has 0 atom stereocenters. The number of amidine groups is 1. The minimum Gasteiger partial charge on any atom is -0.543 e. The van der Waals surface area contributed by atoms with Crippen molar-refractivity contribution in [2.75, 3.05) is 5.32 Å². The number of hydrogen-bond acceptors (Lipinski definition) is 9. The van der Waals surface area contributed by atoms with Gasteiger partial charge in [-0.1, -0.05) is 53.1 Å². The van der Waals surface area contributed by atoms with E-state index < -0.39 is 23.9 Å². The molecular weight excluding hydrogens is 620 g/mol. The fraction of sp³-hybridized carbons (Fsp3) is 0.370. The molecule has 41 heavy (non-hydrogen) atoms. The number of thiazole rings is 1. The van der Waals surface area contributed by atoms with Crippen LogP contribution in [-0.4, -0.2) is 37.2 Å². The number of sulfonamides is 1. The number of aromatic hydroxyl groups is 1. The number of benzene rings is 1. The van der Waals surface area contributed by atoms with Crippen molar-refractivity contribution >= 4 is 74.4 Å². The molecule has 218 valence electrons. The van der Waals surface area contributed by atoms with Gasteiger partial charge in [0.25, 0.3) is 23.9 Å². The molecular formula is C27H31ClN4O5S3Si. The van der Waals surface area contributed by atoms with E-state index in [4.69, 9.17) is 16.0 Å². The average Bonchev–Trinajstić information content (AvgIpc) is 3.53. The third-order valence-electron chi connectivity index (χ3n) is 7.62. The van der Waals surface area contributed by atoms with Crippen LogP contribution in [0.2, 0.25) is 21.1 Å². The predicted octanol–water partition coefficient (Wildman–Crippen LogP) is 7.04. The summed E-state index contributed by atoms with van der Waals surface area (Å²) in [5, 5.41) is 15.9. The standard InChI is InChI=1S/C27H31ClN4O5S3Si/c1-14(2)41(15(3)4,16(5)6)37-17-7-8-19-21(11-17)40(35,36)31-25(30-19)22-23(33)24-20(9-10-38-24)32(26(22)34)13-18-12-29-27(28)39-18/h7-12,14-16,33H,13H2,1-6H3,(H,30,31). The molecule has 0 bridgehead atoms. The number of nitrogens with zero attached hydrogens (tertiary/aromatic N) is 3. The zero-order valence-electron chi connectivity index (χ0n) is 23.4. The Bertz CT molecular complexity index is 1820. The number of rotatable bonds is 8. The average molecular weight is 651 g/mol. The number of hydrogen-bond donors (Lipinski definition) is 2. The molecule has 0 amide bonds. The van der Waals surface area contributed by atoms with Gasteiger partial charge < -0.3 is 19.4 Å². The molecule has 0 spiro atoms. The van der Waals surface area contributed by atoms with Gasteiger partial charge in [-0.05, 0) is 40.2 Å². The quantitative estimate of drug-likeness (QED) is 0.196. The first-order valence-corrected chi connectivity index (χ1v) is 18.8. The summed E-state index contributed by atoms with van der Waals surface area (Å²) in [6, 6.07) is 6.59. The maximum Gasteiger partial charge on any atom is 0.286 e. The Morgan fingerprint density at radius 2 is 1.80 bits per heavy atom. The molecule has 0 saturated heterocycles. The Labute approximate surface area is 252 Å². The SMILES string of the molecule is CC(C)[Si](Oc1ccc2c(c1)S(=O)(=O)N=C(c1c(O)c3sccc3n(Cc3cnc(Cl)s3)c1=O)N2)(C(C)C)C(C)C. The maximum absolute atomic E-state index is 13.8. The largest absolute Gasteiger partial charge is 0.543 e. The Morgan fingerprint density at radius 1 is 1.12 bits per heavy atom. The summed E-state index contributed by atoms with van der Waals surface area (Å²) in [7, 11) is -6.58. The summed E-state index contributed by atoms with van der Waals surface area (Å²) < 4.78 is 39.9. The highest BCUT2D eigenvalue weighted by Gasteiger charge is 2.47. The van der Waals surface area contributed by atoms with Crippen molar-refractivity contribution in [3.8, 4) is 11.5 Å². The van der Waals surface area contributed by atoms with Crippen LogP contribution in [0.25, 0.3) is 10.2 Å². The van der Waals surface area contributed by atoms with Gasteiger partial charge in [-0.2, -0.15) is 8.42 Å². The van der Waals surface area contributed by atoms with Crippen molar-refractivity contribution in [2.45, 2.75) is 69.6 Å². The smallest absolute Gasteiger partial charge is 0.286 e. The second-order valence-corrected chi connectivity index (χ2v) is 20.5. The van der Waals surface area contributed by atoms with Crippen LogP contribution in [0, 0.1) is 0 Å². The van der Waals surface area contributed by atoms with Crippen LogP contribution in [0.5, 0.6) is 11.5 Å². The van der Waals surface area contributed by atoms with Crippen LogP contribution in [0.4, 0.5) is 5.69 Å². The van der Waals surface area contributed by atoms with Gasteiger partial charge in [0.1, 0.15) is 16.2 Å². The van der Waals surface area contributed by atoms with Crippen LogP contribution in [-0.2, 0) is 16.6 Å². The molecule has 1 aliphatic rings. The Balaban J connectivity index is 1.59. The molecule has 0 unspecified atom stereocenters. The number of aromatic nitrogens is 2. The van der Waals surface area contributed by atoms with E-state index >= 15 is 0 Å². The topological polar surface area (TPSA) is 123 Å². The van der Waals surface area contributed by atoms with Crippen LogP contribution in [0.1, 0.15) is 52.0 Å². The highest BCUT2D eigenvalue weighted by Crippen LogP contribution is 2.44. The third kappa shape index (κ3) is 5.11. The van der Waals surface area contributed by atoms with Crippen molar-refractivity contribution in [1.82, 2.24) is 9.55 Å². The van der Waals surface area contributed by atoms with Gasteiger partial charge >= 0.3 is 0 Å². The van der Waals surface area contributed by atoms with E-state index in [1.54, 1.807) is 29.8 Å². The zero-order chi connectivity index (χ0) is 29.9. The molecule has 5 rings (SSSR count). The molecule has 14 heteroatoms. The Kier molecular flexibility index (Phi) is 7.87. The van der Waals surface area contributed by atoms with Crippen molar-refractivity contribution in [3.05, 3.63) is 61.1 Å². The van der Waals surface area contributed by atoms with Gasteiger partial charge in [-0.25, -0.2) is 4.98 Å². The second-order valence-electron chi connectivity index (χ2n) is 10.9. The summed E-state index contributed by atoms with van der Waals surface area (Å²) in [6.45, 7) is 13.1. The van der Waals surface area contributed by atoms with Crippen LogP contribution in [0.3, 0.4) is 0 Å². The van der Waals surface area contributed by atoms with E-state index in [1.165, 1.54) is 33.3 Å². The molecule has 0 aliphatic carbocycles. The molecule has 0 saturated carbocycles. The molecule has 1 aromatic carbocycles. The van der Waals surface area contributed by atoms with Gasteiger partial charge in [-0.15, -0.1) is 27.1 Å². The maximum atomic E-state index is 13.8. The fourth-order valence-electron chi connectivity index (χ4n) is 5.90. The van der Waals surface area contributed by atoms with Crippen molar-refractivity contribution in [1.29, 1.82) is 0 Å². The van der Waals surface area contributed by atoms with Crippen LogP contribution >= 0.6 is 34.3 Å².